The maximum Gasteiger partial charge on any atom is 0.110 e. The topological polar surface area (TPSA) is 0 Å². The fourth-order valence-corrected chi connectivity index (χ4v) is 13.0. The molecule has 22 heavy (non-hydrogen) atoms. The third-order valence-corrected chi connectivity index (χ3v) is 12.2. The summed E-state index contributed by atoms with van der Waals surface area (Å²) in [7, 11) is 7.11. The van der Waals surface area contributed by atoms with Gasteiger partial charge in [-0.15, -0.1) is 7.80 Å². The molecular formula is C20H30BP. The Kier molecular flexibility index (Phi) is 2.73. The lowest BCUT2D eigenvalue weighted by Crippen LogP contribution is -2.56. The van der Waals surface area contributed by atoms with E-state index >= 15 is 0 Å². The minimum Gasteiger partial charge on any atom is -0.144 e. The van der Waals surface area contributed by atoms with Gasteiger partial charge in [0.25, 0.3) is 0 Å². The molecule has 0 atom stereocenters. The van der Waals surface area contributed by atoms with E-state index in [0.717, 1.165) is 35.5 Å². The van der Waals surface area contributed by atoms with Crippen molar-refractivity contribution in [1.82, 2.24) is 0 Å². The summed E-state index contributed by atoms with van der Waals surface area (Å²) >= 11 is 0. The molecule has 118 valence electrons. The Labute approximate surface area is 138 Å². The van der Waals surface area contributed by atoms with Crippen LogP contribution in [0.3, 0.4) is 0 Å². The van der Waals surface area contributed by atoms with Crippen LogP contribution in [0, 0.1) is 35.5 Å². The Bertz CT molecular complexity index is 383. The Hall–Kier alpha value is 0.495. The summed E-state index contributed by atoms with van der Waals surface area (Å²) in [5.41, 5.74) is 0. The number of rotatable bonds is 2. The second kappa shape index (κ2) is 4.36. The summed E-state index contributed by atoms with van der Waals surface area (Å²) in [6.45, 7) is 0. The zero-order valence-corrected chi connectivity index (χ0v) is 14.9. The van der Waals surface area contributed by atoms with Crippen molar-refractivity contribution in [2.75, 3.05) is 0 Å². The van der Waals surface area contributed by atoms with E-state index < -0.39 is 0 Å². The van der Waals surface area contributed by atoms with Gasteiger partial charge in [0.05, 0.1) is 0 Å². The van der Waals surface area contributed by atoms with Gasteiger partial charge in [-0.1, -0.05) is 0 Å². The molecule has 0 saturated heterocycles. The lowest BCUT2D eigenvalue weighted by molar-refractivity contribution is 0.0201. The van der Waals surface area contributed by atoms with Crippen molar-refractivity contribution in [2.45, 2.75) is 87.4 Å². The summed E-state index contributed by atoms with van der Waals surface area (Å²) in [4.78, 5) is 0. The molecule has 0 amide bonds. The van der Waals surface area contributed by atoms with Gasteiger partial charge in [0, 0.05) is 0 Å². The van der Waals surface area contributed by atoms with Gasteiger partial charge in [-0.25, -0.2) is 0 Å². The van der Waals surface area contributed by atoms with E-state index in [1.807, 2.05) is 0 Å². The normalized spacial score (nSPS) is 62.5. The second-order valence-electron chi connectivity index (χ2n) is 10.7. The highest BCUT2D eigenvalue weighted by Crippen LogP contribution is 2.77. The molecule has 2 radical (unpaired) electrons. The van der Waals surface area contributed by atoms with Crippen LogP contribution in [0.4, 0.5) is 0 Å². The first-order chi connectivity index (χ1) is 10.6. The smallest absolute Gasteiger partial charge is 0.110 e. The van der Waals surface area contributed by atoms with E-state index in [0.29, 0.717) is 10.3 Å². The van der Waals surface area contributed by atoms with E-state index in [1.54, 1.807) is 77.0 Å². The molecule has 0 nitrogen and oxygen atoms in total. The molecular weight excluding hydrogens is 282 g/mol. The first-order valence-corrected chi connectivity index (χ1v) is 11.6. The van der Waals surface area contributed by atoms with Crippen molar-refractivity contribution >= 4 is 15.4 Å². The third-order valence-electron chi connectivity index (χ3n) is 9.03. The first kappa shape index (κ1) is 13.7. The molecule has 8 aliphatic carbocycles. The Morgan fingerprint density at radius 3 is 0.955 bits per heavy atom. The Morgan fingerprint density at radius 2 is 0.727 bits per heavy atom. The van der Waals surface area contributed by atoms with Crippen LogP contribution < -0.4 is 0 Å². The summed E-state index contributed by atoms with van der Waals surface area (Å²) in [5.74, 6) is 6.47. The van der Waals surface area contributed by atoms with Gasteiger partial charge >= 0.3 is 0 Å². The van der Waals surface area contributed by atoms with Crippen LogP contribution in [0.15, 0.2) is 0 Å². The number of hydrogen-bond donors (Lipinski definition) is 0. The molecule has 0 aliphatic heterocycles. The van der Waals surface area contributed by atoms with Gasteiger partial charge in [-0.3, -0.25) is 0 Å². The molecule has 8 bridgehead atoms. The van der Waals surface area contributed by atoms with Gasteiger partial charge in [0.15, 0.2) is 0 Å². The van der Waals surface area contributed by atoms with Crippen LogP contribution >= 0.6 is 7.80 Å². The minimum absolute atomic E-state index is 0.229. The molecule has 8 fully saturated rings. The molecule has 2 heteroatoms. The quantitative estimate of drug-likeness (QED) is 0.467. The average Bonchev–Trinajstić information content (AvgIpc) is 2.43. The molecule has 8 rings (SSSR count). The van der Waals surface area contributed by atoms with Gasteiger partial charge < -0.3 is 0 Å². The van der Waals surface area contributed by atoms with E-state index in [9.17, 15) is 0 Å². The molecule has 0 aromatic heterocycles. The van der Waals surface area contributed by atoms with Gasteiger partial charge in [-0.05, 0) is 123 Å². The van der Waals surface area contributed by atoms with Gasteiger partial charge in [-0.2, -0.15) is 0 Å². The minimum atomic E-state index is -0.229. The molecule has 0 heterocycles. The molecule has 0 aromatic rings. The van der Waals surface area contributed by atoms with Crippen LogP contribution in [0.5, 0.6) is 0 Å². The maximum atomic E-state index is 7.34. The van der Waals surface area contributed by atoms with Crippen LogP contribution in [-0.2, 0) is 0 Å². The summed E-state index contributed by atoms with van der Waals surface area (Å²) < 4.78 is 0. The molecule has 8 saturated carbocycles. The van der Waals surface area contributed by atoms with Crippen LogP contribution in [0.1, 0.15) is 77.0 Å². The maximum absolute atomic E-state index is 7.34. The predicted molar refractivity (Wildman–Crippen MR) is 94.5 cm³/mol. The monoisotopic (exact) mass is 312 g/mol. The highest BCUT2D eigenvalue weighted by molar-refractivity contribution is 7.84. The van der Waals surface area contributed by atoms with Crippen LogP contribution in [-0.4, -0.2) is 17.9 Å². The lowest BCUT2D eigenvalue weighted by atomic mass is 9.55. The van der Waals surface area contributed by atoms with Crippen molar-refractivity contribution < 1.29 is 0 Å². The van der Waals surface area contributed by atoms with Crippen molar-refractivity contribution in [1.29, 1.82) is 0 Å². The van der Waals surface area contributed by atoms with E-state index in [4.69, 9.17) is 7.57 Å². The summed E-state index contributed by atoms with van der Waals surface area (Å²) in [6, 6.07) is 0. The van der Waals surface area contributed by atoms with Crippen LogP contribution in [0.25, 0.3) is 0 Å². The molecule has 0 N–H and O–H groups in total. The van der Waals surface area contributed by atoms with Gasteiger partial charge in [0.2, 0.25) is 0 Å². The van der Waals surface area contributed by atoms with E-state index in [1.165, 1.54) is 0 Å². The van der Waals surface area contributed by atoms with Crippen LogP contribution in [0.2, 0.25) is 0 Å². The standard InChI is InChI=1S/C20H30BP/c21-22(19-7-13-1-14(8-19)3-15(2-13)9-19)20-10-16-4-17(11-20)6-18(5-16)12-20/h13-18H,1-12H2. The van der Waals surface area contributed by atoms with Crippen molar-refractivity contribution in [3.05, 3.63) is 0 Å². The molecule has 0 spiro atoms. The average molecular weight is 312 g/mol. The predicted octanol–water partition coefficient (Wildman–Crippen LogP) is 5.49. The molecule has 8 aliphatic rings. The second-order valence-corrected chi connectivity index (χ2v) is 13.3. The molecule has 0 unspecified atom stereocenters. The van der Waals surface area contributed by atoms with Crippen molar-refractivity contribution in [3.8, 4) is 0 Å². The SMILES string of the molecule is [B]P(C12CC3CC(CC(C3)C1)C2)C12CC3CC(CC(C3)C1)C2. The van der Waals surface area contributed by atoms with Crippen molar-refractivity contribution in [3.63, 3.8) is 0 Å². The van der Waals surface area contributed by atoms with E-state index in [2.05, 4.69) is 0 Å². The first-order valence-electron chi connectivity index (χ1n) is 10.2. The summed E-state index contributed by atoms with van der Waals surface area (Å²) in [6.07, 6.45) is 18.7. The van der Waals surface area contributed by atoms with E-state index in [-0.39, 0.29) is 7.80 Å². The fraction of sp³-hybridized carbons (Fsp3) is 1.00. The largest absolute Gasteiger partial charge is 0.144 e. The fourth-order valence-electron chi connectivity index (χ4n) is 9.22. The zero-order valence-electron chi connectivity index (χ0n) is 14.0. The number of hydrogen-bond acceptors (Lipinski definition) is 0. The highest BCUT2D eigenvalue weighted by Gasteiger charge is 2.60. The lowest BCUT2D eigenvalue weighted by Gasteiger charge is -2.67. The molecule has 0 aromatic carbocycles. The zero-order chi connectivity index (χ0) is 14.5. The summed E-state index contributed by atoms with van der Waals surface area (Å²) in [5, 5.41) is 1.30. The Balaban J connectivity index is 1.36. The Morgan fingerprint density at radius 1 is 0.500 bits per heavy atom. The third kappa shape index (κ3) is 1.76. The van der Waals surface area contributed by atoms with Crippen molar-refractivity contribution in [2.24, 2.45) is 35.5 Å². The highest BCUT2D eigenvalue weighted by atomic mass is 31.1. The van der Waals surface area contributed by atoms with Gasteiger partial charge in [0.1, 0.15) is 7.57 Å².